The van der Waals surface area contributed by atoms with Crippen molar-refractivity contribution < 1.29 is 14.7 Å². The van der Waals surface area contributed by atoms with Gasteiger partial charge in [-0.1, -0.05) is 12.1 Å². The normalized spacial score (nSPS) is 11.2. The van der Waals surface area contributed by atoms with Crippen LogP contribution in [0.5, 0.6) is 0 Å². The quantitative estimate of drug-likeness (QED) is 0.867. The molecule has 0 aliphatic carbocycles. The van der Waals surface area contributed by atoms with Gasteiger partial charge in [0.1, 0.15) is 6.04 Å². The summed E-state index contributed by atoms with van der Waals surface area (Å²) in [5, 5.41) is 20.5. The number of nitrogens with zero attached hydrogens (tertiary/aromatic N) is 2. The Morgan fingerprint density at radius 1 is 1.27 bits per heavy atom. The maximum absolute atomic E-state index is 12.0. The number of carboxylic acid groups (broad SMARTS) is 1. The predicted molar refractivity (Wildman–Crippen MR) is 78.0 cm³/mol. The number of nitriles is 1. The highest BCUT2D eigenvalue weighted by Crippen LogP contribution is 2.07. The molecule has 1 aromatic heterocycles. The molecule has 0 saturated heterocycles. The topological polar surface area (TPSA) is 103 Å². The molecule has 6 heteroatoms. The number of nitrogens with one attached hydrogen (secondary N) is 1. The number of carbonyl (C=O) groups excluding carboxylic acids is 1. The molecule has 1 heterocycles. The van der Waals surface area contributed by atoms with Crippen molar-refractivity contribution in [3.05, 3.63) is 65.5 Å². The van der Waals surface area contributed by atoms with E-state index in [0.29, 0.717) is 11.1 Å². The van der Waals surface area contributed by atoms with Gasteiger partial charge in [-0.3, -0.25) is 9.78 Å². The van der Waals surface area contributed by atoms with Gasteiger partial charge < -0.3 is 10.4 Å². The maximum atomic E-state index is 12.0. The Bertz CT molecular complexity index is 706. The minimum Gasteiger partial charge on any atom is -0.480 e. The fourth-order valence-corrected chi connectivity index (χ4v) is 1.89. The Morgan fingerprint density at radius 3 is 2.55 bits per heavy atom. The summed E-state index contributed by atoms with van der Waals surface area (Å²) in [5.41, 5.74) is 1.52. The highest BCUT2D eigenvalue weighted by molar-refractivity contribution is 5.96. The van der Waals surface area contributed by atoms with Crippen LogP contribution < -0.4 is 5.32 Å². The molecule has 22 heavy (non-hydrogen) atoms. The third kappa shape index (κ3) is 3.90. The van der Waals surface area contributed by atoms with Gasteiger partial charge in [0, 0.05) is 18.8 Å². The Labute approximate surface area is 127 Å². The summed E-state index contributed by atoms with van der Waals surface area (Å²) in [7, 11) is 0. The molecule has 0 saturated carbocycles. The number of hydrogen-bond donors (Lipinski definition) is 2. The van der Waals surface area contributed by atoms with Gasteiger partial charge >= 0.3 is 5.97 Å². The molecule has 0 aliphatic heterocycles. The van der Waals surface area contributed by atoms with Gasteiger partial charge in [0.25, 0.3) is 5.91 Å². The zero-order valence-electron chi connectivity index (χ0n) is 11.6. The minimum atomic E-state index is -1.12. The van der Waals surface area contributed by atoms with Crippen LogP contribution in [0, 0.1) is 11.3 Å². The molecule has 110 valence electrons. The van der Waals surface area contributed by atoms with E-state index in [-0.39, 0.29) is 6.42 Å². The van der Waals surface area contributed by atoms with Crippen LogP contribution in [0.3, 0.4) is 0 Å². The second-order valence-electron chi connectivity index (χ2n) is 4.62. The molecule has 1 atom stereocenters. The van der Waals surface area contributed by atoms with Crippen molar-refractivity contribution in [3.8, 4) is 6.07 Å². The number of hydrogen-bond acceptors (Lipinski definition) is 4. The smallest absolute Gasteiger partial charge is 0.326 e. The Hall–Kier alpha value is -3.20. The highest BCUT2D eigenvalue weighted by Gasteiger charge is 2.21. The fraction of sp³-hybridized carbons (Fsp3) is 0.125. The molecule has 1 aromatic carbocycles. The maximum Gasteiger partial charge on any atom is 0.326 e. The third-order valence-electron chi connectivity index (χ3n) is 3.05. The van der Waals surface area contributed by atoms with Crippen molar-refractivity contribution >= 4 is 11.9 Å². The number of aliphatic carboxylic acids is 1. The number of carbonyl (C=O) groups is 2. The van der Waals surface area contributed by atoms with Crippen molar-refractivity contribution in [3.63, 3.8) is 0 Å². The summed E-state index contributed by atoms with van der Waals surface area (Å²) in [5.74, 6) is -1.62. The van der Waals surface area contributed by atoms with Gasteiger partial charge in [0.05, 0.1) is 17.2 Å². The van der Waals surface area contributed by atoms with E-state index in [1.54, 1.807) is 36.4 Å². The van der Waals surface area contributed by atoms with E-state index in [0.717, 1.165) is 5.56 Å². The molecule has 0 bridgehead atoms. The number of amides is 1. The summed E-state index contributed by atoms with van der Waals surface area (Å²) in [4.78, 5) is 27.1. The van der Waals surface area contributed by atoms with Crippen LogP contribution in [0.2, 0.25) is 0 Å². The molecule has 0 unspecified atom stereocenters. The van der Waals surface area contributed by atoms with Crippen molar-refractivity contribution in [1.29, 1.82) is 5.26 Å². The number of rotatable bonds is 5. The Morgan fingerprint density at radius 2 is 2.00 bits per heavy atom. The average Bonchev–Trinajstić information content (AvgIpc) is 2.55. The SMILES string of the molecule is N#Cc1ccc(C[C@@H](NC(=O)c2cccnc2)C(=O)O)cc1. The summed E-state index contributed by atoms with van der Waals surface area (Å²) >= 11 is 0. The number of benzene rings is 1. The van der Waals surface area contributed by atoms with Crippen LogP contribution in [-0.4, -0.2) is 28.0 Å². The third-order valence-corrected chi connectivity index (χ3v) is 3.05. The van der Waals surface area contributed by atoms with Crippen molar-refractivity contribution in [1.82, 2.24) is 10.3 Å². The van der Waals surface area contributed by atoms with Crippen LogP contribution in [-0.2, 0) is 11.2 Å². The molecule has 0 radical (unpaired) electrons. The summed E-state index contributed by atoms with van der Waals surface area (Å²) < 4.78 is 0. The minimum absolute atomic E-state index is 0.132. The van der Waals surface area contributed by atoms with E-state index >= 15 is 0 Å². The lowest BCUT2D eigenvalue weighted by molar-refractivity contribution is -0.139. The summed E-state index contributed by atoms with van der Waals surface area (Å²) in [6.07, 6.45) is 3.03. The van der Waals surface area contributed by atoms with Crippen molar-refractivity contribution in [2.45, 2.75) is 12.5 Å². The molecule has 0 spiro atoms. The first-order valence-electron chi connectivity index (χ1n) is 6.53. The molecule has 0 aliphatic rings. The largest absolute Gasteiger partial charge is 0.480 e. The van der Waals surface area contributed by atoms with E-state index in [1.807, 2.05) is 6.07 Å². The predicted octanol–water partition coefficient (Wildman–Crippen LogP) is 1.38. The first kappa shape index (κ1) is 15.2. The van der Waals surface area contributed by atoms with Crippen LogP contribution in [0.25, 0.3) is 0 Å². The summed E-state index contributed by atoms with van der Waals surface area (Å²) in [6, 6.07) is 10.7. The standard InChI is InChI=1S/C16H13N3O3/c17-9-12-5-3-11(4-6-12)8-14(16(21)22)19-15(20)13-2-1-7-18-10-13/h1-7,10,14H,8H2,(H,19,20)(H,21,22)/t14-/m1/s1. The van der Waals surface area contributed by atoms with E-state index in [4.69, 9.17) is 5.26 Å². The Balaban J connectivity index is 2.08. The van der Waals surface area contributed by atoms with Crippen LogP contribution in [0.4, 0.5) is 0 Å². The van der Waals surface area contributed by atoms with Gasteiger partial charge in [-0.25, -0.2) is 4.79 Å². The van der Waals surface area contributed by atoms with E-state index in [1.165, 1.54) is 12.4 Å². The number of carboxylic acids is 1. The monoisotopic (exact) mass is 295 g/mol. The highest BCUT2D eigenvalue weighted by atomic mass is 16.4. The van der Waals surface area contributed by atoms with Gasteiger partial charge in [-0.05, 0) is 29.8 Å². The fourth-order valence-electron chi connectivity index (χ4n) is 1.89. The molecular weight excluding hydrogens is 282 g/mol. The van der Waals surface area contributed by atoms with Gasteiger partial charge in [0.15, 0.2) is 0 Å². The zero-order valence-corrected chi connectivity index (χ0v) is 11.6. The first-order chi connectivity index (χ1) is 10.6. The zero-order chi connectivity index (χ0) is 15.9. The average molecular weight is 295 g/mol. The first-order valence-corrected chi connectivity index (χ1v) is 6.53. The van der Waals surface area contributed by atoms with Gasteiger partial charge in [-0.15, -0.1) is 0 Å². The second-order valence-corrected chi connectivity index (χ2v) is 4.62. The summed E-state index contributed by atoms with van der Waals surface area (Å²) in [6.45, 7) is 0. The van der Waals surface area contributed by atoms with E-state index < -0.39 is 17.9 Å². The van der Waals surface area contributed by atoms with Crippen molar-refractivity contribution in [2.24, 2.45) is 0 Å². The second kappa shape index (κ2) is 6.99. The molecule has 2 rings (SSSR count). The molecule has 2 N–H and O–H groups in total. The lowest BCUT2D eigenvalue weighted by Gasteiger charge is -2.14. The van der Waals surface area contributed by atoms with Crippen LogP contribution >= 0.6 is 0 Å². The lowest BCUT2D eigenvalue weighted by atomic mass is 10.0. The van der Waals surface area contributed by atoms with Crippen LogP contribution in [0.1, 0.15) is 21.5 Å². The molecule has 6 nitrogen and oxygen atoms in total. The van der Waals surface area contributed by atoms with Gasteiger partial charge in [0.2, 0.25) is 0 Å². The Kier molecular flexibility index (Phi) is 4.83. The van der Waals surface area contributed by atoms with Crippen LogP contribution in [0.15, 0.2) is 48.8 Å². The molecular formula is C16H13N3O3. The molecule has 1 amide bonds. The number of pyridine rings is 1. The lowest BCUT2D eigenvalue weighted by Crippen LogP contribution is -2.42. The van der Waals surface area contributed by atoms with E-state index in [9.17, 15) is 14.7 Å². The van der Waals surface area contributed by atoms with E-state index in [2.05, 4.69) is 10.3 Å². The van der Waals surface area contributed by atoms with Gasteiger partial charge in [-0.2, -0.15) is 5.26 Å². The molecule has 0 fully saturated rings. The van der Waals surface area contributed by atoms with Crippen molar-refractivity contribution in [2.75, 3.05) is 0 Å². The number of aromatic nitrogens is 1. The molecule has 2 aromatic rings.